The van der Waals surface area contributed by atoms with Gasteiger partial charge in [-0.3, -0.25) is 10.1 Å². The summed E-state index contributed by atoms with van der Waals surface area (Å²) >= 11 is 0. The van der Waals surface area contributed by atoms with Crippen molar-refractivity contribution in [3.05, 3.63) is 47.8 Å². The highest BCUT2D eigenvalue weighted by Gasteiger charge is 2.06. The van der Waals surface area contributed by atoms with Gasteiger partial charge in [-0.05, 0) is 30.5 Å². The van der Waals surface area contributed by atoms with Crippen molar-refractivity contribution in [1.29, 1.82) is 0 Å². The van der Waals surface area contributed by atoms with Crippen molar-refractivity contribution in [2.75, 3.05) is 5.32 Å². The monoisotopic (exact) mass is 243 g/mol. The van der Waals surface area contributed by atoms with Crippen LogP contribution < -0.4 is 5.32 Å². The van der Waals surface area contributed by atoms with Gasteiger partial charge in [0.05, 0.1) is 0 Å². The number of carbonyl (C=O) groups excluding carboxylic acids is 1. The lowest BCUT2D eigenvalue weighted by atomic mass is 10.1. The molecule has 0 unspecified atom stereocenters. The Hall–Kier alpha value is -2.10. The van der Waals surface area contributed by atoms with E-state index in [1.807, 2.05) is 24.3 Å². The Morgan fingerprint density at radius 3 is 2.72 bits per heavy atom. The summed E-state index contributed by atoms with van der Waals surface area (Å²) < 4.78 is 0. The molecule has 0 fully saturated rings. The fraction of sp³-hybridized carbons (Fsp3) is 0.286. The van der Waals surface area contributed by atoms with Crippen LogP contribution in [0, 0.1) is 0 Å². The first-order valence-corrected chi connectivity index (χ1v) is 6.19. The number of hydrogen-bond acceptors (Lipinski definition) is 2. The molecule has 0 aliphatic carbocycles. The maximum atomic E-state index is 11.9. The highest BCUT2D eigenvalue weighted by Crippen LogP contribution is 2.09. The van der Waals surface area contributed by atoms with E-state index in [1.54, 1.807) is 12.4 Å². The van der Waals surface area contributed by atoms with E-state index in [0.717, 1.165) is 6.42 Å². The van der Waals surface area contributed by atoms with Gasteiger partial charge in [0.15, 0.2) is 0 Å². The summed E-state index contributed by atoms with van der Waals surface area (Å²) in [6, 6.07) is 7.71. The average Bonchev–Trinajstić information content (AvgIpc) is 2.89. The molecular weight excluding hydrogens is 226 g/mol. The zero-order valence-corrected chi connectivity index (χ0v) is 10.4. The van der Waals surface area contributed by atoms with E-state index in [9.17, 15) is 4.79 Å². The van der Waals surface area contributed by atoms with Crippen molar-refractivity contribution in [3.63, 3.8) is 0 Å². The molecule has 0 saturated carbocycles. The molecule has 1 aromatic heterocycles. The number of aryl methyl sites for hydroxylation is 1. The van der Waals surface area contributed by atoms with Gasteiger partial charge in [-0.1, -0.05) is 25.5 Å². The van der Waals surface area contributed by atoms with E-state index >= 15 is 0 Å². The summed E-state index contributed by atoms with van der Waals surface area (Å²) in [4.78, 5) is 18.7. The van der Waals surface area contributed by atoms with Gasteiger partial charge in [0.1, 0.15) is 0 Å². The van der Waals surface area contributed by atoms with Crippen molar-refractivity contribution in [3.8, 4) is 0 Å². The SMILES string of the molecule is CCCCc1ccc(C(=O)Nc2ncc[nH]2)cc1. The Bertz CT molecular complexity index is 488. The quantitative estimate of drug-likeness (QED) is 0.848. The van der Waals surface area contributed by atoms with Crippen molar-refractivity contribution in [2.45, 2.75) is 26.2 Å². The second kappa shape index (κ2) is 6.00. The number of unbranched alkanes of at least 4 members (excludes halogenated alkanes) is 1. The van der Waals surface area contributed by atoms with Crippen LogP contribution in [-0.4, -0.2) is 15.9 Å². The fourth-order valence-corrected chi connectivity index (χ4v) is 1.72. The van der Waals surface area contributed by atoms with Crippen molar-refractivity contribution < 1.29 is 4.79 Å². The van der Waals surface area contributed by atoms with Crippen LogP contribution in [-0.2, 0) is 6.42 Å². The maximum absolute atomic E-state index is 11.9. The molecule has 0 aliphatic heterocycles. The molecule has 0 atom stereocenters. The maximum Gasteiger partial charge on any atom is 0.257 e. The standard InChI is InChI=1S/C14H17N3O/c1-2-3-4-11-5-7-12(8-6-11)13(18)17-14-15-9-10-16-14/h5-10H,2-4H2,1H3,(H2,15,16,17,18). The Morgan fingerprint density at radius 2 is 2.11 bits per heavy atom. The third-order valence-corrected chi connectivity index (χ3v) is 2.77. The van der Waals surface area contributed by atoms with Crippen LogP contribution in [0.25, 0.3) is 0 Å². The number of aromatic nitrogens is 2. The number of carbonyl (C=O) groups is 1. The second-order valence-corrected chi connectivity index (χ2v) is 4.19. The summed E-state index contributed by atoms with van der Waals surface area (Å²) in [5.41, 5.74) is 1.91. The molecule has 1 heterocycles. The Morgan fingerprint density at radius 1 is 1.33 bits per heavy atom. The number of rotatable bonds is 5. The number of imidazole rings is 1. The molecule has 0 aliphatic rings. The normalized spacial score (nSPS) is 10.3. The van der Waals surface area contributed by atoms with Crippen LogP contribution in [0.15, 0.2) is 36.7 Å². The summed E-state index contributed by atoms with van der Waals surface area (Å²) in [6.07, 6.45) is 6.70. The summed E-state index contributed by atoms with van der Waals surface area (Å²) in [6.45, 7) is 2.17. The van der Waals surface area contributed by atoms with Gasteiger partial charge < -0.3 is 4.98 Å². The lowest BCUT2D eigenvalue weighted by molar-refractivity contribution is 0.102. The Kier molecular flexibility index (Phi) is 4.12. The summed E-state index contributed by atoms with van der Waals surface area (Å²) in [7, 11) is 0. The zero-order valence-electron chi connectivity index (χ0n) is 10.4. The number of nitrogens with zero attached hydrogens (tertiary/aromatic N) is 1. The first kappa shape index (κ1) is 12.4. The van der Waals surface area contributed by atoms with Gasteiger partial charge in [0.2, 0.25) is 5.95 Å². The van der Waals surface area contributed by atoms with Crippen molar-refractivity contribution in [2.24, 2.45) is 0 Å². The number of nitrogens with one attached hydrogen (secondary N) is 2. The van der Waals surface area contributed by atoms with Crippen LogP contribution in [0.1, 0.15) is 35.7 Å². The first-order chi connectivity index (χ1) is 8.79. The molecule has 4 heteroatoms. The van der Waals surface area contributed by atoms with E-state index in [1.165, 1.54) is 18.4 Å². The van der Waals surface area contributed by atoms with Gasteiger partial charge in [-0.25, -0.2) is 4.98 Å². The molecule has 4 nitrogen and oxygen atoms in total. The Labute approximate surface area is 106 Å². The third kappa shape index (κ3) is 3.20. The van der Waals surface area contributed by atoms with Crippen LogP contribution >= 0.6 is 0 Å². The molecule has 2 rings (SSSR count). The van der Waals surface area contributed by atoms with Crippen LogP contribution in [0.3, 0.4) is 0 Å². The molecule has 2 aromatic rings. The third-order valence-electron chi connectivity index (χ3n) is 2.77. The number of aromatic amines is 1. The van der Waals surface area contributed by atoms with Gasteiger partial charge in [-0.2, -0.15) is 0 Å². The van der Waals surface area contributed by atoms with E-state index in [4.69, 9.17) is 0 Å². The highest BCUT2D eigenvalue weighted by molar-refractivity contribution is 6.03. The van der Waals surface area contributed by atoms with Crippen molar-refractivity contribution >= 4 is 11.9 Å². The zero-order chi connectivity index (χ0) is 12.8. The molecule has 0 spiro atoms. The Balaban J connectivity index is 1.98. The number of benzene rings is 1. The number of H-pyrrole nitrogens is 1. The minimum Gasteiger partial charge on any atom is -0.331 e. The summed E-state index contributed by atoms with van der Waals surface area (Å²) in [5.74, 6) is 0.321. The predicted octanol–water partition coefficient (Wildman–Crippen LogP) is 3.00. The van der Waals surface area contributed by atoms with Gasteiger partial charge in [0, 0.05) is 18.0 Å². The molecule has 0 saturated heterocycles. The smallest absolute Gasteiger partial charge is 0.257 e. The molecule has 1 aromatic carbocycles. The molecule has 94 valence electrons. The minimum absolute atomic E-state index is 0.146. The lowest BCUT2D eigenvalue weighted by Gasteiger charge is -2.04. The van der Waals surface area contributed by atoms with Gasteiger partial charge in [0.25, 0.3) is 5.91 Å². The number of amides is 1. The van der Waals surface area contributed by atoms with Gasteiger partial charge >= 0.3 is 0 Å². The van der Waals surface area contributed by atoms with E-state index in [-0.39, 0.29) is 5.91 Å². The highest BCUT2D eigenvalue weighted by atomic mass is 16.1. The van der Waals surface area contributed by atoms with Gasteiger partial charge in [-0.15, -0.1) is 0 Å². The van der Waals surface area contributed by atoms with Crippen LogP contribution in [0.4, 0.5) is 5.95 Å². The first-order valence-electron chi connectivity index (χ1n) is 6.19. The molecular formula is C14H17N3O. The molecule has 18 heavy (non-hydrogen) atoms. The fourth-order valence-electron chi connectivity index (χ4n) is 1.72. The second-order valence-electron chi connectivity index (χ2n) is 4.19. The number of hydrogen-bond donors (Lipinski definition) is 2. The van der Waals surface area contributed by atoms with E-state index in [2.05, 4.69) is 22.2 Å². The minimum atomic E-state index is -0.146. The molecule has 1 amide bonds. The largest absolute Gasteiger partial charge is 0.331 e. The molecule has 2 N–H and O–H groups in total. The summed E-state index contributed by atoms with van der Waals surface area (Å²) in [5, 5.41) is 2.70. The lowest BCUT2D eigenvalue weighted by Crippen LogP contribution is -2.12. The predicted molar refractivity (Wildman–Crippen MR) is 71.6 cm³/mol. The molecule has 0 radical (unpaired) electrons. The van der Waals surface area contributed by atoms with Crippen molar-refractivity contribution in [1.82, 2.24) is 9.97 Å². The molecule has 0 bridgehead atoms. The van der Waals surface area contributed by atoms with Crippen LogP contribution in [0.5, 0.6) is 0 Å². The van der Waals surface area contributed by atoms with E-state index in [0.29, 0.717) is 11.5 Å². The van der Waals surface area contributed by atoms with Crippen LogP contribution in [0.2, 0.25) is 0 Å². The number of anilines is 1. The topological polar surface area (TPSA) is 57.8 Å². The van der Waals surface area contributed by atoms with E-state index < -0.39 is 0 Å². The average molecular weight is 243 g/mol.